The molecule has 0 bridgehead atoms. The maximum atomic E-state index is 13.5. The number of aliphatic hydroxyl groups is 1. The molecule has 2 aliphatic heterocycles. The predicted octanol–water partition coefficient (Wildman–Crippen LogP) is 2.43. The molecule has 164 valence electrons. The lowest BCUT2D eigenvalue weighted by Gasteiger charge is -2.26. The number of hydrogen-bond acceptors (Lipinski definition) is 7. The topological polar surface area (TPSA) is 112 Å². The van der Waals surface area contributed by atoms with Gasteiger partial charge in [0.25, 0.3) is 5.56 Å². The Balaban J connectivity index is 0.00000124. The lowest BCUT2D eigenvalue weighted by molar-refractivity contribution is -0.0233. The minimum Gasteiger partial charge on any atom is -0.426 e. The summed E-state index contributed by atoms with van der Waals surface area (Å²) in [5.41, 5.74) is 1.43. The van der Waals surface area contributed by atoms with Crippen molar-refractivity contribution >= 4 is 8.60 Å². The number of aromatic amines is 1. The van der Waals surface area contributed by atoms with Gasteiger partial charge in [0.2, 0.25) is 5.82 Å². The Bertz CT molecular complexity index is 1010. The molecule has 1 aromatic heterocycles. The van der Waals surface area contributed by atoms with Crippen LogP contribution in [0.2, 0.25) is 0 Å². The number of aromatic nitrogens is 2. The van der Waals surface area contributed by atoms with E-state index in [1.807, 2.05) is 31.0 Å². The second-order valence-electron chi connectivity index (χ2n) is 6.89. The standard InChI is InChI=1S/C18H20FN2O6P.CH4O/c1-10-5-11(2)16-12(6-10)8-24-28(27-16)25-9-13-3-4-15(26-13)21-7-14(19)17(22)20-18(21)23;1-2/h5-7,13,15H,3-4,8-9H2,1-2H3,(H,20,22,23);2H,1H3. The van der Waals surface area contributed by atoms with Crippen LogP contribution in [0.25, 0.3) is 0 Å². The van der Waals surface area contributed by atoms with E-state index in [1.165, 1.54) is 0 Å². The highest BCUT2D eigenvalue weighted by atomic mass is 31.2. The Morgan fingerprint density at radius 1 is 1.30 bits per heavy atom. The number of fused-ring (bicyclic) bond motifs is 1. The molecule has 2 N–H and O–H groups in total. The Hall–Kier alpha value is -2.10. The van der Waals surface area contributed by atoms with Crippen LogP contribution >= 0.6 is 8.60 Å². The average Bonchev–Trinajstić information content (AvgIpc) is 3.19. The molecule has 0 radical (unpaired) electrons. The van der Waals surface area contributed by atoms with Crippen molar-refractivity contribution in [1.82, 2.24) is 9.55 Å². The Morgan fingerprint density at radius 3 is 2.83 bits per heavy atom. The molecule has 3 heterocycles. The van der Waals surface area contributed by atoms with Crippen LogP contribution in [0.5, 0.6) is 5.75 Å². The first-order valence-electron chi connectivity index (χ1n) is 9.36. The number of halogens is 1. The second-order valence-corrected chi connectivity index (χ2v) is 8.03. The summed E-state index contributed by atoms with van der Waals surface area (Å²) in [6.45, 7) is 4.65. The van der Waals surface area contributed by atoms with Crippen molar-refractivity contribution in [3.8, 4) is 5.75 Å². The van der Waals surface area contributed by atoms with Crippen LogP contribution in [0.4, 0.5) is 4.39 Å². The van der Waals surface area contributed by atoms with Crippen LogP contribution in [-0.2, 0) is 20.4 Å². The first-order chi connectivity index (χ1) is 14.4. The number of nitrogens with one attached hydrogen (secondary N) is 1. The summed E-state index contributed by atoms with van der Waals surface area (Å²) in [4.78, 5) is 24.9. The van der Waals surface area contributed by atoms with Crippen molar-refractivity contribution in [2.24, 2.45) is 0 Å². The van der Waals surface area contributed by atoms with E-state index >= 15 is 0 Å². The van der Waals surface area contributed by atoms with Crippen LogP contribution in [-0.4, -0.2) is 34.5 Å². The fraction of sp³-hybridized carbons (Fsp3) is 0.474. The summed E-state index contributed by atoms with van der Waals surface area (Å²) in [6.07, 6.45) is 1.05. The highest BCUT2D eigenvalue weighted by Gasteiger charge is 2.31. The molecule has 0 spiro atoms. The van der Waals surface area contributed by atoms with Gasteiger partial charge in [0, 0.05) is 12.7 Å². The van der Waals surface area contributed by atoms with E-state index < -0.39 is 31.9 Å². The van der Waals surface area contributed by atoms with Gasteiger partial charge in [-0.1, -0.05) is 17.7 Å². The minimum absolute atomic E-state index is 0.225. The molecule has 0 amide bonds. The zero-order chi connectivity index (χ0) is 21.8. The quantitative estimate of drug-likeness (QED) is 0.700. The van der Waals surface area contributed by atoms with Gasteiger partial charge in [0.15, 0.2) is 0 Å². The molecule has 1 saturated heterocycles. The number of hydrogen-bond donors (Lipinski definition) is 2. The summed E-state index contributed by atoms with van der Waals surface area (Å²) in [5, 5.41) is 7.00. The van der Waals surface area contributed by atoms with Gasteiger partial charge in [-0.05, 0) is 32.3 Å². The van der Waals surface area contributed by atoms with Gasteiger partial charge in [-0.25, -0.2) is 4.79 Å². The molecule has 3 unspecified atom stereocenters. The van der Waals surface area contributed by atoms with Gasteiger partial charge in [-0.3, -0.25) is 23.4 Å². The molecule has 0 saturated carbocycles. The fourth-order valence-electron chi connectivity index (χ4n) is 3.40. The van der Waals surface area contributed by atoms with E-state index in [0.717, 1.165) is 40.3 Å². The lowest BCUT2D eigenvalue weighted by atomic mass is 10.1. The number of rotatable bonds is 4. The summed E-state index contributed by atoms with van der Waals surface area (Å²) in [7, 11) is -0.541. The number of aryl methyl sites for hydroxylation is 2. The van der Waals surface area contributed by atoms with Crippen molar-refractivity contribution in [3.63, 3.8) is 0 Å². The number of ether oxygens (including phenoxy) is 1. The van der Waals surface area contributed by atoms with Crippen molar-refractivity contribution in [3.05, 3.63) is 61.7 Å². The lowest BCUT2D eigenvalue weighted by Crippen LogP contribution is -2.34. The van der Waals surface area contributed by atoms with E-state index in [0.29, 0.717) is 19.4 Å². The monoisotopic (exact) mass is 442 g/mol. The van der Waals surface area contributed by atoms with Gasteiger partial charge in [-0.2, -0.15) is 4.39 Å². The van der Waals surface area contributed by atoms with Crippen molar-refractivity contribution in [2.45, 2.75) is 45.6 Å². The van der Waals surface area contributed by atoms with Crippen LogP contribution in [0.1, 0.15) is 35.8 Å². The first kappa shape index (κ1) is 22.6. The average molecular weight is 442 g/mol. The normalized spacial score (nSPS) is 22.6. The van der Waals surface area contributed by atoms with Crippen molar-refractivity contribution < 1.29 is 27.8 Å². The third-order valence-corrected chi connectivity index (χ3v) is 5.70. The van der Waals surface area contributed by atoms with E-state index in [1.54, 1.807) is 0 Å². The highest BCUT2D eigenvalue weighted by Crippen LogP contribution is 2.49. The third kappa shape index (κ3) is 4.96. The zero-order valence-electron chi connectivity index (χ0n) is 16.9. The minimum atomic E-state index is -1.54. The fourth-order valence-corrected chi connectivity index (χ4v) is 4.52. The molecular weight excluding hydrogens is 418 g/mol. The number of nitrogens with zero attached hydrogens (tertiary/aromatic N) is 1. The molecule has 3 atom stereocenters. The smallest absolute Gasteiger partial charge is 0.397 e. The highest BCUT2D eigenvalue weighted by molar-refractivity contribution is 7.42. The third-order valence-electron chi connectivity index (χ3n) is 4.67. The molecule has 1 fully saturated rings. The molecule has 1 aromatic carbocycles. The molecule has 2 aromatic rings. The SMILES string of the molecule is CO.Cc1cc(C)c2c(c1)COP(OCC1CCC(n3cc(F)c(=O)[nH]c3=O)O1)O2. The maximum Gasteiger partial charge on any atom is 0.397 e. The Labute approximate surface area is 173 Å². The van der Waals surface area contributed by atoms with Crippen LogP contribution in [0.15, 0.2) is 27.9 Å². The second kappa shape index (κ2) is 9.80. The Morgan fingerprint density at radius 2 is 2.07 bits per heavy atom. The van der Waals surface area contributed by atoms with E-state index in [9.17, 15) is 14.0 Å². The van der Waals surface area contributed by atoms with Crippen LogP contribution in [0, 0.1) is 19.7 Å². The largest absolute Gasteiger partial charge is 0.426 e. The molecule has 11 heteroatoms. The molecule has 9 nitrogen and oxygen atoms in total. The van der Waals surface area contributed by atoms with Gasteiger partial charge in [0.05, 0.1) is 25.5 Å². The van der Waals surface area contributed by atoms with Crippen molar-refractivity contribution in [2.75, 3.05) is 13.7 Å². The van der Waals surface area contributed by atoms with Gasteiger partial charge in [-0.15, -0.1) is 0 Å². The molecule has 0 aliphatic carbocycles. The van der Waals surface area contributed by atoms with Gasteiger partial charge in [0.1, 0.15) is 12.0 Å². The van der Waals surface area contributed by atoms with E-state index in [4.69, 9.17) is 23.4 Å². The number of aliphatic hydroxyl groups excluding tert-OH is 1. The number of H-pyrrole nitrogens is 1. The Kier molecular flexibility index (Phi) is 7.38. The number of benzene rings is 1. The van der Waals surface area contributed by atoms with Gasteiger partial charge >= 0.3 is 14.3 Å². The molecular formula is C19H24FN2O7P. The zero-order valence-corrected chi connectivity index (χ0v) is 17.8. The van der Waals surface area contributed by atoms with Crippen LogP contribution in [0.3, 0.4) is 0 Å². The summed E-state index contributed by atoms with van der Waals surface area (Å²) < 4.78 is 37.5. The van der Waals surface area contributed by atoms with Gasteiger partial charge < -0.3 is 14.4 Å². The molecule has 4 rings (SSSR count). The summed E-state index contributed by atoms with van der Waals surface area (Å²) in [6, 6.07) is 4.07. The summed E-state index contributed by atoms with van der Waals surface area (Å²) >= 11 is 0. The van der Waals surface area contributed by atoms with E-state index in [-0.39, 0.29) is 12.7 Å². The van der Waals surface area contributed by atoms with Crippen LogP contribution < -0.4 is 15.8 Å². The predicted molar refractivity (Wildman–Crippen MR) is 107 cm³/mol. The molecule has 30 heavy (non-hydrogen) atoms. The maximum absolute atomic E-state index is 13.5. The molecule has 2 aliphatic rings. The first-order valence-corrected chi connectivity index (χ1v) is 10.5. The summed E-state index contributed by atoms with van der Waals surface area (Å²) in [5.74, 6) is -0.233. The van der Waals surface area contributed by atoms with Crippen molar-refractivity contribution in [1.29, 1.82) is 0 Å². The van der Waals surface area contributed by atoms with E-state index in [2.05, 4.69) is 0 Å².